The smallest absolute Gasteiger partial charge is 0.338 e. The van der Waals surface area contributed by atoms with Gasteiger partial charge in [-0.3, -0.25) is 9.59 Å². The van der Waals surface area contributed by atoms with Crippen molar-refractivity contribution >= 4 is 29.4 Å². The number of carbonyl (C=O) groups is 3. The van der Waals surface area contributed by atoms with E-state index < -0.39 is 0 Å². The van der Waals surface area contributed by atoms with Crippen LogP contribution in [0.5, 0.6) is 0 Å². The Morgan fingerprint density at radius 1 is 0.912 bits per heavy atom. The normalized spacial score (nSPS) is 10.9. The number of anilines is 1. The number of benzene rings is 2. The number of rotatable bonds is 8. The summed E-state index contributed by atoms with van der Waals surface area (Å²) >= 11 is 0. The van der Waals surface area contributed by atoms with Crippen molar-refractivity contribution in [2.24, 2.45) is 0 Å². The van der Waals surface area contributed by atoms with Crippen molar-refractivity contribution in [1.29, 1.82) is 0 Å². The van der Waals surface area contributed by atoms with Crippen LogP contribution in [0.15, 0.2) is 94.0 Å². The minimum Gasteiger partial charge on any atom is -0.462 e. The van der Waals surface area contributed by atoms with Gasteiger partial charge in [0.25, 0.3) is 5.91 Å². The van der Waals surface area contributed by atoms with Crippen molar-refractivity contribution in [2.45, 2.75) is 6.92 Å². The molecule has 0 aliphatic heterocycles. The third-order valence-corrected chi connectivity index (χ3v) is 4.88. The van der Waals surface area contributed by atoms with Crippen LogP contribution in [0.4, 0.5) is 5.69 Å². The summed E-state index contributed by atoms with van der Waals surface area (Å²) in [6, 6.07) is 20.2. The predicted molar refractivity (Wildman–Crippen MR) is 127 cm³/mol. The van der Waals surface area contributed by atoms with Crippen molar-refractivity contribution in [1.82, 2.24) is 0 Å². The quantitative estimate of drug-likeness (QED) is 0.203. The average molecular weight is 455 g/mol. The van der Waals surface area contributed by atoms with Gasteiger partial charge in [0.15, 0.2) is 11.5 Å². The first kappa shape index (κ1) is 22.5. The fraction of sp³-hybridized carbons (Fsp3) is 0.0741. The molecule has 0 atom stereocenters. The number of amides is 1. The zero-order valence-electron chi connectivity index (χ0n) is 18.3. The number of ether oxygens (including phenoxy) is 1. The van der Waals surface area contributed by atoms with Gasteiger partial charge in [0.2, 0.25) is 0 Å². The summed E-state index contributed by atoms with van der Waals surface area (Å²) in [6.07, 6.45) is 4.43. The Hall–Kier alpha value is -4.65. The molecule has 0 saturated carbocycles. The molecule has 2 heterocycles. The van der Waals surface area contributed by atoms with Crippen LogP contribution >= 0.6 is 0 Å². The van der Waals surface area contributed by atoms with E-state index in [1.54, 1.807) is 85.8 Å². The molecule has 170 valence electrons. The first-order valence-corrected chi connectivity index (χ1v) is 10.6. The van der Waals surface area contributed by atoms with Crippen molar-refractivity contribution in [3.8, 4) is 11.3 Å². The number of hydrogen-bond acceptors (Lipinski definition) is 6. The molecule has 7 heteroatoms. The fourth-order valence-electron chi connectivity index (χ4n) is 3.15. The van der Waals surface area contributed by atoms with Gasteiger partial charge in [0.05, 0.1) is 18.4 Å². The van der Waals surface area contributed by atoms with Gasteiger partial charge in [-0.25, -0.2) is 4.79 Å². The van der Waals surface area contributed by atoms with E-state index in [1.807, 2.05) is 0 Å². The van der Waals surface area contributed by atoms with Crippen LogP contribution in [0.25, 0.3) is 17.4 Å². The Kier molecular flexibility index (Phi) is 6.84. The van der Waals surface area contributed by atoms with Crippen LogP contribution in [-0.4, -0.2) is 24.3 Å². The number of hydrogen-bond donors (Lipinski definition) is 1. The molecule has 1 N–H and O–H groups in total. The van der Waals surface area contributed by atoms with Gasteiger partial charge >= 0.3 is 5.97 Å². The SMILES string of the molecule is CCOC(=O)c1ccc(-c2ccc(C=CC(=O)c3ccc(NC(=O)c4ccco4)cc3)o2)cc1. The molecule has 7 nitrogen and oxygen atoms in total. The molecule has 34 heavy (non-hydrogen) atoms. The zero-order chi connectivity index (χ0) is 23.9. The Balaban J connectivity index is 1.37. The van der Waals surface area contributed by atoms with E-state index in [2.05, 4.69) is 5.32 Å². The van der Waals surface area contributed by atoms with Gasteiger partial charge in [-0.1, -0.05) is 12.1 Å². The summed E-state index contributed by atoms with van der Waals surface area (Å²) in [4.78, 5) is 36.3. The zero-order valence-corrected chi connectivity index (χ0v) is 18.3. The highest BCUT2D eigenvalue weighted by atomic mass is 16.5. The first-order chi connectivity index (χ1) is 16.5. The van der Waals surface area contributed by atoms with Gasteiger partial charge in [0.1, 0.15) is 11.5 Å². The molecule has 0 aliphatic carbocycles. The Morgan fingerprint density at radius 2 is 1.65 bits per heavy atom. The lowest BCUT2D eigenvalue weighted by Crippen LogP contribution is -2.10. The summed E-state index contributed by atoms with van der Waals surface area (Å²) in [5.74, 6) is 0.382. The molecule has 0 radical (unpaired) electrons. The predicted octanol–water partition coefficient (Wildman–Crippen LogP) is 5.86. The Labute approximate surface area is 195 Å². The van der Waals surface area contributed by atoms with Crippen molar-refractivity contribution in [3.63, 3.8) is 0 Å². The van der Waals surface area contributed by atoms with E-state index in [-0.39, 0.29) is 23.4 Å². The van der Waals surface area contributed by atoms with Crippen LogP contribution in [0.2, 0.25) is 0 Å². The Bertz CT molecular complexity index is 1310. The van der Waals surface area contributed by atoms with Gasteiger partial charge in [-0.05, 0) is 79.7 Å². The third kappa shape index (κ3) is 5.39. The van der Waals surface area contributed by atoms with Crippen LogP contribution in [0.1, 0.15) is 44.0 Å². The second-order valence-electron chi connectivity index (χ2n) is 7.21. The molecule has 4 rings (SSSR count). The summed E-state index contributed by atoms with van der Waals surface area (Å²) in [7, 11) is 0. The number of allylic oxidation sites excluding steroid dienone is 1. The summed E-state index contributed by atoms with van der Waals surface area (Å²) in [5, 5.41) is 2.70. The molecule has 1 amide bonds. The number of carbonyl (C=O) groups excluding carboxylic acids is 3. The highest BCUT2D eigenvalue weighted by molar-refractivity contribution is 6.07. The first-order valence-electron chi connectivity index (χ1n) is 10.6. The van der Waals surface area contributed by atoms with Gasteiger partial charge < -0.3 is 18.9 Å². The molecule has 0 bridgehead atoms. The van der Waals surface area contributed by atoms with E-state index in [0.717, 1.165) is 5.56 Å². The maximum Gasteiger partial charge on any atom is 0.338 e. The standard InChI is InChI=1S/C27H21NO6/c1-2-32-27(31)20-7-5-19(6-8-20)24-16-14-22(34-24)13-15-23(29)18-9-11-21(12-10-18)28-26(30)25-4-3-17-33-25/h3-17H,2H2,1H3,(H,28,30). The second-order valence-corrected chi connectivity index (χ2v) is 7.21. The highest BCUT2D eigenvalue weighted by Gasteiger charge is 2.10. The molecule has 0 fully saturated rings. The molecular weight excluding hydrogens is 434 g/mol. The minimum atomic E-state index is -0.372. The topological polar surface area (TPSA) is 98.8 Å². The number of esters is 1. The van der Waals surface area contributed by atoms with Gasteiger partial charge in [-0.15, -0.1) is 0 Å². The molecule has 4 aromatic rings. The van der Waals surface area contributed by atoms with Crippen molar-refractivity contribution in [3.05, 3.63) is 108 Å². The second kappa shape index (κ2) is 10.3. The van der Waals surface area contributed by atoms with Gasteiger partial charge in [0, 0.05) is 16.8 Å². The number of furan rings is 2. The molecular formula is C27H21NO6. The molecule has 0 spiro atoms. The lowest BCUT2D eigenvalue weighted by Gasteiger charge is -2.03. The van der Waals surface area contributed by atoms with Crippen LogP contribution < -0.4 is 5.32 Å². The van der Waals surface area contributed by atoms with Crippen LogP contribution in [0, 0.1) is 0 Å². The van der Waals surface area contributed by atoms with Crippen molar-refractivity contribution < 1.29 is 28.0 Å². The van der Waals surface area contributed by atoms with Crippen LogP contribution in [-0.2, 0) is 4.74 Å². The van der Waals surface area contributed by atoms with Crippen molar-refractivity contribution in [2.75, 3.05) is 11.9 Å². The summed E-state index contributed by atoms with van der Waals surface area (Å²) < 4.78 is 15.8. The number of nitrogens with one attached hydrogen (secondary N) is 1. The average Bonchev–Trinajstić information content (AvgIpc) is 3.56. The van der Waals surface area contributed by atoms with E-state index in [9.17, 15) is 14.4 Å². The lowest BCUT2D eigenvalue weighted by atomic mass is 10.1. The summed E-state index contributed by atoms with van der Waals surface area (Å²) in [6.45, 7) is 2.08. The fourth-order valence-corrected chi connectivity index (χ4v) is 3.15. The Morgan fingerprint density at radius 3 is 2.32 bits per heavy atom. The van der Waals surface area contributed by atoms with Gasteiger partial charge in [-0.2, -0.15) is 0 Å². The lowest BCUT2D eigenvalue weighted by molar-refractivity contribution is 0.0526. The number of ketones is 1. The molecule has 0 aliphatic rings. The van der Waals surface area contributed by atoms with E-state index in [4.69, 9.17) is 13.6 Å². The molecule has 0 unspecified atom stereocenters. The minimum absolute atomic E-state index is 0.204. The maximum atomic E-state index is 12.5. The van der Waals surface area contributed by atoms with E-state index in [0.29, 0.717) is 34.9 Å². The maximum absolute atomic E-state index is 12.5. The monoisotopic (exact) mass is 455 g/mol. The largest absolute Gasteiger partial charge is 0.462 e. The molecule has 0 saturated heterocycles. The summed E-state index contributed by atoms with van der Waals surface area (Å²) in [5.41, 5.74) is 2.28. The molecule has 2 aromatic carbocycles. The third-order valence-electron chi connectivity index (χ3n) is 4.88. The molecule has 2 aromatic heterocycles. The van der Waals surface area contributed by atoms with Crippen LogP contribution in [0.3, 0.4) is 0 Å². The van der Waals surface area contributed by atoms with E-state index in [1.165, 1.54) is 12.3 Å². The highest BCUT2D eigenvalue weighted by Crippen LogP contribution is 2.24. The van der Waals surface area contributed by atoms with E-state index >= 15 is 0 Å².